The highest BCUT2D eigenvalue weighted by Gasteiger charge is 2.21. The molecule has 0 aromatic carbocycles. The average molecular weight is 258 g/mol. The fourth-order valence-electron chi connectivity index (χ4n) is 2.74. The summed E-state index contributed by atoms with van der Waals surface area (Å²) in [6.07, 6.45) is 5.99. The monoisotopic (exact) mass is 258 g/mol. The molecule has 1 fully saturated rings. The molecular weight excluding hydrogens is 228 g/mol. The van der Waals surface area contributed by atoms with Crippen LogP contribution in [0.1, 0.15) is 46.0 Å². The van der Waals surface area contributed by atoms with Gasteiger partial charge in [-0.15, -0.1) is 0 Å². The Morgan fingerprint density at radius 2 is 1.78 bits per heavy atom. The highest BCUT2D eigenvalue weighted by molar-refractivity contribution is 4.77. The van der Waals surface area contributed by atoms with E-state index in [-0.39, 0.29) is 12.2 Å². The molecule has 4 nitrogen and oxygen atoms in total. The molecule has 4 heteroatoms. The van der Waals surface area contributed by atoms with Gasteiger partial charge < -0.3 is 15.5 Å². The van der Waals surface area contributed by atoms with Crippen LogP contribution in [0.5, 0.6) is 0 Å². The first-order chi connectivity index (χ1) is 8.59. The summed E-state index contributed by atoms with van der Waals surface area (Å²) in [6.45, 7) is 6.91. The SMILES string of the molecule is CC(O)CNCCN(CC(C)O)C1CCCCC1. The molecule has 1 aliphatic carbocycles. The molecule has 108 valence electrons. The van der Waals surface area contributed by atoms with Crippen molar-refractivity contribution in [2.75, 3.05) is 26.2 Å². The third kappa shape index (κ3) is 6.69. The standard InChI is InChI=1S/C14H30N2O2/c1-12(17)10-15-8-9-16(11-13(2)18)14-6-4-3-5-7-14/h12-15,17-18H,3-11H2,1-2H3. The van der Waals surface area contributed by atoms with Crippen LogP contribution in [0, 0.1) is 0 Å². The Hall–Kier alpha value is -0.160. The van der Waals surface area contributed by atoms with Crippen LogP contribution in [0.3, 0.4) is 0 Å². The lowest BCUT2D eigenvalue weighted by Gasteiger charge is -2.35. The van der Waals surface area contributed by atoms with E-state index in [0.717, 1.165) is 19.6 Å². The van der Waals surface area contributed by atoms with Crippen molar-refractivity contribution in [1.82, 2.24) is 10.2 Å². The minimum Gasteiger partial charge on any atom is -0.392 e. The number of aliphatic hydroxyl groups is 2. The van der Waals surface area contributed by atoms with Gasteiger partial charge in [0.15, 0.2) is 0 Å². The first-order valence-electron chi connectivity index (χ1n) is 7.40. The number of nitrogens with zero attached hydrogens (tertiary/aromatic N) is 1. The molecule has 1 aliphatic rings. The molecule has 0 spiro atoms. The molecule has 18 heavy (non-hydrogen) atoms. The summed E-state index contributed by atoms with van der Waals surface area (Å²) >= 11 is 0. The lowest BCUT2D eigenvalue weighted by Crippen LogP contribution is -2.44. The first-order valence-corrected chi connectivity index (χ1v) is 7.40. The largest absolute Gasteiger partial charge is 0.392 e. The van der Waals surface area contributed by atoms with E-state index in [0.29, 0.717) is 12.6 Å². The van der Waals surface area contributed by atoms with Crippen LogP contribution in [0.25, 0.3) is 0 Å². The maximum atomic E-state index is 9.60. The zero-order valence-electron chi connectivity index (χ0n) is 11.9. The van der Waals surface area contributed by atoms with Crippen molar-refractivity contribution in [3.63, 3.8) is 0 Å². The van der Waals surface area contributed by atoms with Crippen LogP contribution >= 0.6 is 0 Å². The Bertz CT molecular complexity index is 204. The quantitative estimate of drug-likeness (QED) is 0.568. The molecule has 2 unspecified atom stereocenters. The molecule has 0 bridgehead atoms. The fourth-order valence-corrected chi connectivity index (χ4v) is 2.74. The number of aliphatic hydroxyl groups excluding tert-OH is 2. The summed E-state index contributed by atoms with van der Waals surface area (Å²) in [5.74, 6) is 0. The van der Waals surface area contributed by atoms with Gasteiger partial charge in [0, 0.05) is 32.2 Å². The van der Waals surface area contributed by atoms with Gasteiger partial charge in [0.2, 0.25) is 0 Å². The van der Waals surface area contributed by atoms with E-state index >= 15 is 0 Å². The van der Waals surface area contributed by atoms with Crippen molar-refractivity contribution in [3.8, 4) is 0 Å². The summed E-state index contributed by atoms with van der Waals surface area (Å²) in [5.41, 5.74) is 0. The molecule has 0 aromatic heterocycles. The van der Waals surface area contributed by atoms with E-state index in [2.05, 4.69) is 10.2 Å². The first kappa shape index (κ1) is 15.9. The van der Waals surface area contributed by atoms with Gasteiger partial charge in [-0.25, -0.2) is 0 Å². The molecule has 0 heterocycles. The Kier molecular flexibility index (Phi) is 7.82. The van der Waals surface area contributed by atoms with Crippen LogP contribution in [0.2, 0.25) is 0 Å². The number of hydrogen-bond donors (Lipinski definition) is 3. The van der Waals surface area contributed by atoms with E-state index in [1.807, 2.05) is 6.92 Å². The molecule has 1 saturated carbocycles. The lowest BCUT2D eigenvalue weighted by atomic mass is 9.94. The summed E-state index contributed by atoms with van der Waals surface area (Å²) in [4.78, 5) is 2.42. The van der Waals surface area contributed by atoms with Gasteiger partial charge in [-0.05, 0) is 26.7 Å². The van der Waals surface area contributed by atoms with Gasteiger partial charge in [-0.2, -0.15) is 0 Å². The zero-order valence-corrected chi connectivity index (χ0v) is 11.9. The van der Waals surface area contributed by atoms with Crippen LogP contribution < -0.4 is 5.32 Å². The van der Waals surface area contributed by atoms with Crippen LogP contribution in [0.4, 0.5) is 0 Å². The molecule has 0 aliphatic heterocycles. The summed E-state index contributed by atoms with van der Waals surface area (Å²) in [6, 6.07) is 0.640. The zero-order chi connectivity index (χ0) is 13.4. The number of rotatable bonds is 8. The summed E-state index contributed by atoms with van der Waals surface area (Å²) in [7, 11) is 0. The van der Waals surface area contributed by atoms with Gasteiger partial charge in [0.05, 0.1) is 12.2 Å². The maximum absolute atomic E-state index is 9.60. The number of nitrogens with one attached hydrogen (secondary N) is 1. The topological polar surface area (TPSA) is 55.7 Å². The van der Waals surface area contributed by atoms with Gasteiger partial charge in [0.1, 0.15) is 0 Å². The maximum Gasteiger partial charge on any atom is 0.0639 e. The summed E-state index contributed by atoms with van der Waals surface area (Å²) < 4.78 is 0. The minimum atomic E-state index is -0.287. The van der Waals surface area contributed by atoms with E-state index in [9.17, 15) is 10.2 Å². The second-order valence-corrected chi connectivity index (χ2v) is 5.69. The highest BCUT2D eigenvalue weighted by Crippen LogP contribution is 2.22. The molecule has 0 saturated heterocycles. The van der Waals surface area contributed by atoms with Gasteiger partial charge in [-0.3, -0.25) is 4.90 Å². The van der Waals surface area contributed by atoms with Gasteiger partial charge in [0.25, 0.3) is 0 Å². The molecule has 0 amide bonds. The minimum absolute atomic E-state index is 0.260. The average Bonchev–Trinajstić information content (AvgIpc) is 2.33. The van der Waals surface area contributed by atoms with Crippen molar-refractivity contribution < 1.29 is 10.2 Å². The van der Waals surface area contributed by atoms with Crippen molar-refractivity contribution >= 4 is 0 Å². The normalized spacial score (nSPS) is 21.2. The van der Waals surface area contributed by atoms with E-state index in [1.165, 1.54) is 32.1 Å². The smallest absolute Gasteiger partial charge is 0.0639 e. The molecule has 0 radical (unpaired) electrons. The highest BCUT2D eigenvalue weighted by atomic mass is 16.3. The fraction of sp³-hybridized carbons (Fsp3) is 1.00. The summed E-state index contributed by atoms with van der Waals surface area (Å²) in [5, 5.41) is 22.0. The molecule has 2 atom stereocenters. The third-order valence-electron chi connectivity index (χ3n) is 3.61. The molecular formula is C14H30N2O2. The van der Waals surface area contributed by atoms with Crippen molar-refractivity contribution in [3.05, 3.63) is 0 Å². The van der Waals surface area contributed by atoms with Crippen molar-refractivity contribution in [2.24, 2.45) is 0 Å². The van der Waals surface area contributed by atoms with Crippen molar-refractivity contribution in [2.45, 2.75) is 64.2 Å². The van der Waals surface area contributed by atoms with Crippen LogP contribution in [-0.2, 0) is 0 Å². The third-order valence-corrected chi connectivity index (χ3v) is 3.61. The Labute approximate surface area is 111 Å². The van der Waals surface area contributed by atoms with Gasteiger partial charge in [-0.1, -0.05) is 19.3 Å². The van der Waals surface area contributed by atoms with E-state index in [1.54, 1.807) is 6.92 Å². The van der Waals surface area contributed by atoms with Crippen LogP contribution in [0.15, 0.2) is 0 Å². The Balaban J connectivity index is 2.30. The molecule has 0 aromatic rings. The van der Waals surface area contributed by atoms with E-state index in [4.69, 9.17) is 0 Å². The molecule has 1 rings (SSSR count). The second-order valence-electron chi connectivity index (χ2n) is 5.69. The second kappa shape index (κ2) is 8.86. The Morgan fingerprint density at radius 1 is 1.11 bits per heavy atom. The van der Waals surface area contributed by atoms with E-state index < -0.39 is 0 Å². The van der Waals surface area contributed by atoms with Crippen molar-refractivity contribution in [1.29, 1.82) is 0 Å². The Morgan fingerprint density at radius 3 is 2.33 bits per heavy atom. The van der Waals surface area contributed by atoms with Crippen LogP contribution in [-0.4, -0.2) is 59.5 Å². The predicted octanol–water partition coefficient (Wildman–Crippen LogP) is 0.972. The molecule has 3 N–H and O–H groups in total. The van der Waals surface area contributed by atoms with Gasteiger partial charge >= 0.3 is 0 Å². The number of hydrogen-bond acceptors (Lipinski definition) is 4. The lowest BCUT2D eigenvalue weighted by molar-refractivity contribution is 0.0821. The predicted molar refractivity (Wildman–Crippen MR) is 74.7 cm³/mol.